The number of esters is 1. The normalized spacial score (nSPS) is 15.5. The van der Waals surface area contributed by atoms with Crippen LogP contribution < -0.4 is 10.6 Å². The summed E-state index contributed by atoms with van der Waals surface area (Å²) in [5, 5.41) is 4.93. The Morgan fingerprint density at radius 1 is 1.19 bits per heavy atom. The maximum atomic E-state index is 12.1. The number of para-hydroxylation sites is 1. The number of carbonyl (C=O) groups excluding carboxylic acids is 3. The standard InChI is InChI=1S/C20H20N2O4S/c1-12-7-8-13(2)15(9-12)21-18(23)11-26-19(24)10-17-20(25)22-14-5-3-4-6-16(14)27-17/h3-9,17H,10-11H2,1-2H3,(H,21,23)(H,22,25). The molecule has 0 aromatic heterocycles. The van der Waals surface area contributed by atoms with Gasteiger partial charge in [0.1, 0.15) is 0 Å². The molecule has 2 aromatic carbocycles. The van der Waals surface area contributed by atoms with Crippen molar-refractivity contribution in [2.24, 2.45) is 0 Å². The van der Waals surface area contributed by atoms with Gasteiger partial charge in [-0.25, -0.2) is 0 Å². The summed E-state index contributed by atoms with van der Waals surface area (Å²) < 4.78 is 5.04. The van der Waals surface area contributed by atoms with Crippen molar-refractivity contribution >= 4 is 40.9 Å². The van der Waals surface area contributed by atoms with Gasteiger partial charge in [0.2, 0.25) is 5.91 Å². The van der Waals surface area contributed by atoms with Gasteiger partial charge in [-0.05, 0) is 43.2 Å². The molecule has 0 saturated heterocycles. The van der Waals surface area contributed by atoms with E-state index in [0.717, 1.165) is 21.7 Å². The third-order valence-electron chi connectivity index (χ3n) is 4.09. The fraction of sp³-hybridized carbons (Fsp3) is 0.250. The van der Waals surface area contributed by atoms with Crippen LogP contribution in [0.5, 0.6) is 0 Å². The summed E-state index contributed by atoms with van der Waals surface area (Å²) in [4.78, 5) is 37.1. The summed E-state index contributed by atoms with van der Waals surface area (Å²) in [7, 11) is 0. The number of aryl methyl sites for hydroxylation is 2. The van der Waals surface area contributed by atoms with E-state index in [2.05, 4.69) is 10.6 Å². The third-order valence-corrected chi connectivity index (χ3v) is 5.37. The molecule has 2 N–H and O–H groups in total. The van der Waals surface area contributed by atoms with Gasteiger partial charge < -0.3 is 15.4 Å². The van der Waals surface area contributed by atoms with Crippen molar-refractivity contribution in [2.75, 3.05) is 17.2 Å². The lowest BCUT2D eigenvalue weighted by atomic mass is 10.1. The second kappa shape index (κ2) is 8.26. The molecule has 140 valence electrons. The van der Waals surface area contributed by atoms with E-state index in [0.29, 0.717) is 5.69 Å². The summed E-state index contributed by atoms with van der Waals surface area (Å²) in [5.74, 6) is -1.24. The van der Waals surface area contributed by atoms with E-state index in [9.17, 15) is 14.4 Å². The number of thioether (sulfide) groups is 1. The van der Waals surface area contributed by atoms with E-state index in [1.165, 1.54) is 11.8 Å². The zero-order valence-electron chi connectivity index (χ0n) is 15.1. The van der Waals surface area contributed by atoms with Gasteiger partial charge >= 0.3 is 5.97 Å². The van der Waals surface area contributed by atoms with Gasteiger partial charge in [-0.3, -0.25) is 14.4 Å². The average molecular weight is 384 g/mol. The van der Waals surface area contributed by atoms with Gasteiger partial charge in [0, 0.05) is 10.6 Å². The van der Waals surface area contributed by atoms with Crippen LogP contribution in [0.4, 0.5) is 11.4 Å². The van der Waals surface area contributed by atoms with Crippen LogP contribution in [0.3, 0.4) is 0 Å². The Bertz CT molecular complexity index is 897. The second-order valence-electron chi connectivity index (χ2n) is 6.32. The fourth-order valence-corrected chi connectivity index (χ4v) is 3.74. The highest BCUT2D eigenvalue weighted by atomic mass is 32.2. The minimum atomic E-state index is -0.585. The van der Waals surface area contributed by atoms with E-state index in [-0.39, 0.29) is 18.9 Å². The predicted molar refractivity (Wildman–Crippen MR) is 105 cm³/mol. The number of carbonyl (C=O) groups is 3. The maximum Gasteiger partial charge on any atom is 0.307 e. The monoisotopic (exact) mass is 384 g/mol. The zero-order valence-corrected chi connectivity index (χ0v) is 15.9. The molecule has 0 radical (unpaired) electrons. The summed E-state index contributed by atoms with van der Waals surface area (Å²) in [5.41, 5.74) is 3.38. The SMILES string of the molecule is Cc1ccc(C)c(NC(=O)COC(=O)CC2Sc3ccccc3NC2=O)c1. The molecule has 2 aromatic rings. The number of benzene rings is 2. The first-order valence-corrected chi connectivity index (χ1v) is 9.39. The van der Waals surface area contributed by atoms with Crippen molar-refractivity contribution in [3.8, 4) is 0 Å². The van der Waals surface area contributed by atoms with E-state index in [1.54, 1.807) is 0 Å². The molecule has 0 fully saturated rings. The number of rotatable bonds is 5. The molecular weight excluding hydrogens is 364 g/mol. The highest BCUT2D eigenvalue weighted by molar-refractivity contribution is 8.01. The Kier molecular flexibility index (Phi) is 5.81. The molecule has 1 heterocycles. The average Bonchev–Trinajstić information content (AvgIpc) is 2.64. The lowest BCUT2D eigenvalue weighted by Crippen LogP contribution is -2.32. The molecule has 1 aliphatic heterocycles. The van der Waals surface area contributed by atoms with Gasteiger partial charge in [0.25, 0.3) is 5.91 Å². The number of nitrogens with one attached hydrogen (secondary N) is 2. The molecule has 0 saturated carbocycles. The van der Waals surface area contributed by atoms with E-state index >= 15 is 0 Å². The Morgan fingerprint density at radius 3 is 2.78 bits per heavy atom. The van der Waals surface area contributed by atoms with Gasteiger partial charge in [-0.15, -0.1) is 11.8 Å². The van der Waals surface area contributed by atoms with Crippen LogP contribution in [0.25, 0.3) is 0 Å². The number of anilines is 2. The number of fused-ring (bicyclic) bond motifs is 1. The minimum Gasteiger partial charge on any atom is -0.456 e. The van der Waals surface area contributed by atoms with Crippen molar-refractivity contribution in [3.05, 3.63) is 53.6 Å². The summed E-state index contributed by atoms with van der Waals surface area (Å²) in [6, 6.07) is 13.1. The van der Waals surface area contributed by atoms with Gasteiger partial charge in [-0.2, -0.15) is 0 Å². The molecular formula is C20H20N2O4S. The van der Waals surface area contributed by atoms with Crippen molar-refractivity contribution < 1.29 is 19.1 Å². The van der Waals surface area contributed by atoms with Crippen LogP contribution in [-0.4, -0.2) is 29.6 Å². The Morgan fingerprint density at radius 2 is 1.96 bits per heavy atom. The summed E-state index contributed by atoms with van der Waals surface area (Å²) >= 11 is 1.32. The van der Waals surface area contributed by atoms with Crippen LogP contribution in [-0.2, 0) is 19.1 Å². The Labute approximate surface area is 161 Å². The highest BCUT2D eigenvalue weighted by Crippen LogP contribution is 2.36. The number of ether oxygens (including phenoxy) is 1. The maximum absolute atomic E-state index is 12.1. The summed E-state index contributed by atoms with van der Waals surface area (Å²) in [6.45, 7) is 3.43. The molecule has 0 bridgehead atoms. The smallest absolute Gasteiger partial charge is 0.307 e. The third kappa shape index (κ3) is 4.89. The van der Waals surface area contributed by atoms with E-state index in [1.807, 2.05) is 56.3 Å². The Balaban J connectivity index is 1.50. The molecule has 7 heteroatoms. The van der Waals surface area contributed by atoms with Crippen molar-refractivity contribution in [1.82, 2.24) is 0 Å². The number of hydrogen-bond acceptors (Lipinski definition) is 5. The van der Waals surface area contributed by atoms with Crippen LogP contribution in [0.1, 0.15) is 17.5 Å². The van der Waals surface area contributed by atoms with Crippen LogP contribution in [0, 0.1) is 13.8 Å². The van der Waals surface area contributed by atoms with E-state index in [4.69, 9.17) is 4.74 Å². The molecule has 1 atom stereocenters. The number of hydrogen-bond donors (Lipinski definition) is 2. The first kappa shape index (κ1) is 19.0. The molecule has 6 nitrogen and oxygen atoms in total. The van der Waals surface area contributed by atoms with E-state index < -0.39 is 17.1 Å². The molecule has 3 rings (SSSR count). The van der Waals surface area contributed by atoms with Crippen molar-refractivity contribution in [2.45, 2.75) is 30.4 Å². The molecule has 2 amide bonds. The largest absolute Gasteiger partial charge is 0.456 e. The van der Waals surface area contributed by atoms with Crippen LogP contribution >= 0.6 is 11.8 Å². The molecule has 0 spiro atoms. The first-order chi connectivity index (χ1) is 12.9. The zero-order chi connectivity index (χ0) is 19.4. The minimum absolute atomic E-state index is 0.0956. The predicted octanol–water partition coefficient (Wildman–Crippen LogP) is 3.29. The topological polar surface area (TPSA) is 84.5 Å². The lowest BCUT2D eigenvalue weighted by molar-refractivity contribution is -0.147. The lowest BCUT2D eigenvalue weighted by Gasteiger charge is -2.23. The molecule has 1 unspecified atom stereocenters. The van der Waals surface area contributed by atoms with Crippen LogP contribution in [0.2, 0.25) is 0 Å². The summed E-state index contributed by atoms with van der Waals surface area (Å²) in [6.07, 6.45) is -0.0956. The van der Waals surface area contributed by atoms with Gasteiger partial charge in [0.05, 0.1) is 17.4 Å². The quantitative estimate of drug-likeness (QED) is 0.773. The van der Waals surface area contributed by atoms with Crippen molar-refractivity contribution in [1.29, 1.82) is 0 Å². The highest BCUT2D eigenvalue weighted by Gasteiger charge is 2.29. The van der Waals surface area contributed by atoms with Gasteiger partial charge in [0.15, 0.2) is 6.61 Å². The molecule has 1 aliphatic rings. The Hall–Kier alpha value is -2.80. The number of amides is 2. The van der Waals surface area contributed by atoms with Gasteiger partial charge in [-0.1, -0.05) is 24.3 Å². The van der Waals surface area contributed by atoms with Crippen molar-refractivity contribution in [3.63, 3.8) is 0 Å². The first-order valence-electron chi connectivity index (χ1n) is 8.51. The fourth-order valence-electron chi connectivity index (χ4n) is 2.64. The second-order valence-corrected chi connectivity index (χ2v) is 7.57. The molecule has 0 aliphatic carbocycles. The van der Waals surface area contributed by atoms with Crippen LogP contribution in [0.15, 0.2) is 47.4 Å². The molecule has 27 heavy (non-hydrogen) atoms.